The second-order valence-corrected chi connectivity index (χ2v) is 5.53. The first-order valence-corrected chi connectivity index (χ1v) is 7.27. The van der Waals surface area contributed by atoms with Crippen LogP contribution in [0.25, 0.3) is 0 Å². The Balaban J connectivity index is 2.23. The fourth-order valence-electron chi connectivity index (χ4n) is 1.80. The minimum atomic E-state index is -0.461. The Morgan fingerprint density at radius 2 is 1.90 bits per heavy atom. The van der Waals surface area contributed by atoms with E-state index in [0.717, 1.165) is 9.91 Å². The van der Waals surface area contributed by atoms with Gasteiger partial charge in [-0.15, -0.1) is 0 Å². The molecule has 104 valence electrons. The molecule has 4 nitrogen and oxygen atoms in total. The number of hydrogen-bond acceptors (Lipinski definition) is 3. The van der Waals surface area contributed by atoms with Gasteiger partial charge < -0.3 is 0 Å². The number of rotatable bonds is 5. The van der Waals surface area contributed by atoms with Crippen LogP contribution < -0.4 is 19.6 Å². The van der Waals surface area contributed by atoms with Gasteiger partial charge in [0.2, 0.25) is 0 Å². The molecule has 1 atom stereocenters. The number of amides is 1. The van der Waals surface area contributed by atoms with Crippen LogP contribution in [0.1, 0.15) is 15.9 Å². The van der Waals surface area contributed by atoms with E-state index < -0.39 is 5.91 Å². The zero-order chi connectivity index (χ0) is 14.5. The third kappa shape index (κ3) is 3.34. The Morgan fingerprint density at radius 3 is 2.50 bits per heavy atom. The number of carbonyl (C=O) groups excluding carboxylic acids is 1. The van der Waals surface area contributed by atoms with Crippen molar-refractivity contribution in [2.45, 2.75) is 6.61 Å². The molecule has 2 N–H and O–H groups in total. The molecule has 0 fully saturated rings. The van der Waals surface area contributed by atoms with Gasteiger partial charge in [-0.3, -0.25) is 0 Å². The number of primary amides is 1. The molecule has 0 spiro atoms. The monoisotopic (exact) mass is 333 g/mol. The topological polar surface area (TPSA) is 61.5 Å². The Hall–Kier alpha value is -1.93. The molecule has 0 saturated carbocycles. The van der Waals surface area contributed by atoms with Crippen LogP contribution in [0.2, 0.25) is 0 Å². The molecule has 0 radical (unpaired) electrons. The van der Waals surface area contributed by atoms with Gasteiger partial charge in [-0.05, 0) is 0 Å². The van der Waals surface area contributed by atoms with Crippen LogP contribution in [0.15, 0.2) is 42.5 Å². The average molecular weight is 333 g/mol. The second kappa shape index (κ2) is 6.49. The van der Waals surface area contributed by atoms with Gasteiger partial charge in [-0.2, -0.15) is 0 Å². The maximum atomic E-state index is 11.3. The Morgan fingerprint density at radius 1 is 1.20 bits per heavy atom. The maximum absolute atomic E-state index is 11.3. The molecule has 2 aromatic rings. The van der Waals surface area contributed by atoms with Crippen LogP contribution in [0.4, 0.5) is 0 Å². The molecule has 1 unspecified atom stereocenters. The van der Waals surface area contributed by atoms with Crippen LogP contribution in [-0.2, 0) is 6.61 Å². The van der Waals surface area contributed by atoms with Gasteiger partial charge in [-0.1, -0.05) is 0 Å². The van der Waals surface area contributed by atoms with Crippen molar-refractivity contribution in [3.63, 3.8) is 0 Å². The first-order valence-electron chi connectivity index (χ1n) is 6.06. The summed E-state index contributed by atoms with van der Waals surface area (Å²) in [6.45, 7) is 0.444. The molecule has 0 heterocycles. The van der Waals surface area contributed by atoms with Gasteiger partial charge in [0, 0.05) is 0 Å². The molecule has 0 aliphatic carbocycles. The first kappa shape index (κ1) is 14.5. The van der Waals surface area contributed by atoms with Crippen molar-refractivity contribution in [2.75, 3.05) is 7.11 Å². The van der Waals surface area contributed by atoms with Gasteiger partial charge in [0.1, 0.15) is 0 Å². The normalized spacial score (nSPS) is 10.1. The van der Waals surface area contributed by atoms with Crippen LogP contribution in [0, 0.1) is 0 Å². The van der Waals surface area contributed by atoms with E-state index in [1.807, 2.05) is 30.3 Å². The number of ether oxygens (including phenoxy) is 2. The van der Waals surface area contributed by atoms with Crippen molar-refractivity contribution in [1.82, 2.24) is 0 Å². The number of benzene rings is 2. The molecule has 5 heteroatoms. The van der Waals surface area contributed by atoms with Crippen LogP contribution in [0.5, 0.6) is 11.5 Å². The molecular weight excluding hydrogens is 317 g/mol. The fraction of sp³-hybridized carbons (Fsp3) is 0.133. The quantitative estimate of drug-likeness (QED) is 0.817. The summed E-state index contributed by atoms with van der Waals surface area (Å²) in [5.74, 6) is 0.661. The van der Waals surface area contributed by atoms with Crippen molar-refractivity contribution < 1.29 is 14.3 Å². The van der Waals surface area contributed by atoms with Crippen molar-refractivity contribution in [2.24, 2.45) is 5.73 Å². The van der Waals surface area contributed by atoms with Crippen LogP contribution in [-0.4, -0.2) is 29.9 Å². The van der Waals surface area contributed by atoms with Gasteiger partial charge in [-0.25, -0.2) is 0 Å². The van der Waals surface area contributed by atoms with E-state index in [0.29, 0.717) is 23.7 Å². The third-order valence-electron chi connectivity index (χ3n) is 2.84. The van der Waals surface area contributed by atoms with Crippen LogP contribution in [0.3, 0.4) is 0 Å². The van der Waals surface area contributed by atoms with Gasteiger partial charge in [0.05, 0.1) is 0 Å². The predicted octanol–water partition coefficient (Wildman–Crippen LogP) is 0.631. The first-order chi connectivity index (χ1) is 9.61. The molecule has 0 saturated heterocycles. The zero-order valence-corrected chi connectivity index (χ0v) is 13.6. The van der Waals surface area contributed by atoms with E-state index in [4.69, 9.17) is 15.2 Å². The number of carbonyl (C=O) groups is 1. The van der Waals surface area contributed by atoms with Crippen molar-refractivity contribution in [3.8, 4) is 11.5 Å². The Bertz CT molecular complexity index is 614. The predicted molar refractivity (Wildman–Crippen MR) is 80.5 cm³/mol. The van der Waals surface area contributed by atoms with E-state index >= 15 is 0 Å². The van der Waals surface area contributed by atoms with Crippen LogP contribution >= 0.6 is 0 Å². The van der Waals surface area contributed by atoms with E-state index in [9.17, 15) is 4.79 Å². The van der Waals surface area contributed by atoms with Gasteiger partial charge >= 0.3 is 126 Å². The van der Waals surface area contributed by atoms with E-state index in [1.54, 1.807) is 12.1 Å². The van der Waals surface area contributed by atoms with E-state index in [2.05, 4.69) is 0 Å². The third-order valence-corrected chi connectivity index (χ3v) is 3.84. The second-order valence-electron chi connectivity index (χ2n) is 4.23. The van der Waals surface area contributed by atoms with Gasteiger partial charge in [0.25, 0.3) is 0 Å². The summed E-state index contributed by atoms with van der Waals surface area (Å²) >= 11 is 1.32. The SMILES string of the molecule is COc1cc(C(N)=O)c([AsH2])cc1OCc1ccccc1. The summed E-state index contributed by atoms with van der Waals surface area (Å²) in [4.78, 5) is 11.3. The number of methoxy groups -OCH3 is 1. The molecule has 2 rings (SSSR count). The molecule has 20 heavy (non-hydrogen) atoms. The Kier molecular flexibility index (Phi) is 4.69. The molecule has 0 aliphatic heterocycles. The fourth-order valence-corrected chi connectivity index (χ4v) is 2.59. The molecule has 2 aromatic carbocycles. The van der Waals surface area contributed by atoms with Crippen molar-refractivity contribution in [1.29, 1.82) is 0 Å². The van der Waals surface area contributed by atoms with E-state index in [-0.39, 0.29) is 0 Å². The van der Waals surface area contributed by atoms with E-state index in [1.165, 1.54) is 24.0 Å². The molecule has 0 aliphatic rings. The van der Waals surface area contributed by atoms with Gasteiger partial charge in [0.15, 0.2) is 0 Å². The molecule has 0 aromatic heterocycles. The van der Waals surface area contributed by atoms with Crippen molar-refractivity contribution >= 4 is 27.1 Å². The molecule has 0 bridgehead atoms. The summed E-state index contributed by atoms with van der Waals surface area (Å²) in [5.41, 5.74) is 6.86. The minimum absolute atomic E-state index is 0.444. The number of nitrogens with two attached hydrogens (primary N) is 1. The summed E-state index contributed by atoms with van der Waals surface area (Å²) in [6, 6.07) is 13.3. The molecule has 1 amide bonds. The van der Waals surface area contributed by atoms with Crippen molar-refractivity contribution in [3.05, 3.63) is 53.6 Å². The summed E-state index contributed by atoms with van der Waals surface area (Å²) in [6.07, 6.45) is 0. The number of hydrogen-bond donors (Lipinski definition) is 1. The average Bonchev–Trinajstić information content (AvgIpc) is 2.46. The Labute approximate surface area is 126 Å². The summed E-state index contributed by atoms with van der Waals surface area (Å²) < 4.78 is 11.8. The summed E-state index contributed by atoms with van der Waals surface area (Å²) in [7, 11) is 1.54. The standard InChI is InChI=1S/C15H16AsNO3/c1-19-13-7-11(15(17)18)12(16)8-14(13)20-9-10-5-3-2-4-6-10/h2-8H,9,16H2,1H3,(H2,17,18). The zero-order valence-electron chi connectivity index (χ0n) is 11.1. The summed E-state index contributed by atoms with van der Waals surface area (Å²) in [5, 5.41) is 0. The molecular formula is C15H16AsNO3.